The lowest BCUT2D eigenvalue weighted by Crippen LogP contribution is -2.06. The van der Waals surface area contributed by atoms with E-state index in [1.165, 1.54) is 14.2 Å². The number of ether oxygens (including phenoxy) is 3. The number of hydrogen-bond acceptors (Lipinski definition) is 4. The first-order valence-electron chi connectivity index (χ1n) is 4.69. The zero-order valence-corrected chi connectivity index (χ0v) is 9.52. The molecule has 1 rings (SSSR count). The summed E-state index contributed by atoms with van der Waals surface area (Å²) in [7, 11) is 4.33. The number of carbonyl (C=O) groups excluding carboxylic acids is 1. The number of rotatable bonds is 4. The molecule has 0 amide bonds. The summed E-state index contributed by atoms with van der Waals surface area (Å²) in [5.74, 6) is 0.417. The van der Waals surface area contributed by atoms with Gasteiger partial charge in [-0.3, -0.25) is 0 Å². The van der Waals surface area contributed by atoms with Crippen LogP contribution in [0.15, 0.2) is 30.0 Å². The Bertz CT molecular complexity index is 379. The second kappa shape index (κ2) is 5.80. The lowest BCUT2D eigenvalue weighted by molar-refractivity contribution is -0.139. The maximum Gasteiger partial charge on any atom is 0.373 e. The SMILES string of the molecule is COC(=O)/C(=C/c1ccc(OC)cc1)OC. The lowest BCUT2D eigenvalue weighted by atomic mass is 10.2. The molecule has 0 radical (unpaired) electrons. The van der Waals surface area contributed by atoms with Crippen molar-refractivity contribution in [3.05, 3.63) is 35.6 Å². The first-order chi connectivity index (χ1) is 7.71. The van der Waals surface area contributed by atoms with Crippen LogP contribution in [0.1, 0.15) is 5.56 Å². The molecule has 0 aliphatic heterocycles. The van der Waals surface area contributed by atoms with E-state index in [1.54, 1.807) is 25.3 Å². The topological polar surface area (TPSA) is 44.8 Å². The van der Waals surface area contributed by atoms with Crippen LogP contribution in [0, 0.1) is 0 Å². The second-order valence-corrected chi connectivity index (χ2v) is 2.98. The van der Waals surface area contributed by atoms with Gasteiger partial charge in [0, 0.05) is 0 Å². The third-order valence-electron chi connectivity index (χ3n) is 2.02. The molecule has 4 heteroatoms. The minimum absolute atomic E-state index is 0.160. The normalized spacial score (nSPS) is 10.8. The molecule has 1 aromatic carbocycles. The Kier molecular flexibility index (Phi) is 4.39. The largest absolute Gasteiger partial charge is 0.497 e. The number of benzene rings is 1. The molecule has 16 heavy (non-hydrogen) atoms. The zero-order valence-electron chi connectivity index (χ0n) is 9.52. The van der Waals surface area contributed by atoms with E-state index < -0.39 is 5.97 Å². The van der Waals surface area contributed by atoms with Gasteiger partial charge in [0.1, 0.15) is 5.75 Å². The van der Waals surface area contributed by atoms with E-state index in [0.717, 1.165) is 11.3 Å². The van der Waals surface area contributed by atoms with Crippen molar-refractivity contribution >= 4 is 12.0 Å². The van der Waals surface area contributed by atoms with Crippen molar-refractivity contribution in [2.45, 2.75) is 0 Å². The zero-order chi connectivity index (χ0) is 12.0. The van der Waals surface area contributed by atoms with Crippen LogP contribution in [0.4, 0.5) is 0 Å². The maximum absolute atomic E-state index is 11.2. The predicted molar refractivity (Wildman–Crippen MR) is 60.0 cm³/mol. The van der Waals surface area contributed by atoms with E-state index in [1.807, 2.05) is 12.1 Å². The number of methoxy groups -OCH3 is 3. The molecule has 0 atom stereocenters. The predicted octanol–water partition coefficient (Wildman–Crippen LogP) is 1.86. The van der Waals surface area contributed by atoms with E-state index in [-0.39, 0.29) is 5.76 Å². The molecule has 0 aromatic heterocycles. The Morgan fingerprint density at radius 3 is 2.12 bits per heavy atom. The Morgan fingerprint density at radius 1 is 1.06 bits per heavy atom. The Labute approximate surface area is 94.4 Å². The Balaban J connectivity index is 2.91. The molecular formula is C12H14O4. The molecule has 1 aromatic rings. The summed E-state index contributed by atoms with van der Waals surface area (Å²) in [4.78, 5) is 11.2. The summed E-state index contributed by atoms with van der Waals surface area (Å²) < 4.78 is 14.5. The van der Waals surface area contributed by atoms with Gasteiger partial charge in [-0.05, 0) is 23.8 Å². The van der Waals surface area contributed by atoms with Crippen molar-refractivity contribution in [2.24, 2.45) is 0 Å². The smallest absolute Gasteiger partial charge is 0.373 e. The van der Waals surface area contributed by atoms with Crippen LogP contribution in [0.5, 0.6) is 5.75 Å². The number of carbonyl (C=O) groups is 1. The van der Waals surface area contributed by atoms with E-state index in [0.29, 0.717) is 0 Å². The van der Waals surface area contributed by atoms with Crippen molar-refractivity contribution in [3.8, 4) is 5.75 Å². The fraction of sp³-hybridized carbons (Fsp3) is 0.250. The molecular weight excluding hydrogens is 208 g/mol. The average molecular weight is 222 g/mol. The first kappa shape index (κ1) is 12.1. The van der Waals surface area contributed by atoms with Gasteiger partial charge in [-0.25, -0.2) is 4.79 Å². The summed E-state index contributed by atoms with van der Waals surface area (Å²) in [5.41, 5.74) is 0.836. The minimum Gasteiger partial charge on any atom is -0.497 e. The van der Waals surface area contributed by atoms with Crippen LogP contribution in [0.25, 0.3) is 6.08 Å². The highest BCUT2D eigenvalue weighted by Gasteiger charge is 2.09. The number of esters is 1. The van der Waals surface area contributed by atoms with Gasteiger partial charge in [-0.1, -0.05) is 12.1 Å². The van der Waals surface area contributed by atoms with Crippen LogP contribution < -0.4 is 4.74 Å². The molecule has 0 saturated heterocycles. The molecule has 0 heterocycles. The average Bonchev–Trinajstić information content (AvgIpc) is 2.35. The van der Waals surface area contributed by atoms with Crippen LogP contribution in [0.3, 0.4) is 0 Å². The summed E-state index contributed by atoms with van der Waals surface area (Å²) in [6.07, 6.45) is 1.60. The Morgan fingerprint density at radius 2 is 1.69 bits per heavy atom. The second-order valence-electron chi connectivity index (χ2n) is 2.98. The molecule has 0 unspecified atom stereocenters. The van der Waals surface area contributed by atoms with Crippen molar-refractivity contribution < 1.29 is 19.0 Å². The van der Waals surface area contributed by atoms with Crippen molar-refractivity contribution in [1.29, 1.82) is 0 Å². The van der Waals surface area contributed by atoms with Gasteiger partial charge in [0.15, 0.2) is 0 Å². The standard InChI is InChI=1S/C12H14O4/c1-14-10-6-4-9(5-7-10)8-11(15-2)12(13)16-3/h4-8H,1-3H3/b11-8-. The van der Waals surface area contributed by atoms with Crippen LogP contribution >= 0.6 is 0 Å². The maximum atomic E-state index is 11.2. The summed E-state index contributed by atoms with van der Waals surface area (Å²) >= 11 is 0. The van der Waals surface area contributed by atoms with Crippen LogP contribution in [-0.2, 0) is 14.3 Å². The molecule has 0 N–H and O–H groups in total. The van der Waals surface area contributed by atoms with E-state index >= 15 is 0 Å². The molecule has 0 saturated carbocycles. The molecule has 0 bridgehead atoms. The fourth-order valence-corrected chi connectivity index (χ4v) is 1.15. The fourth-order valence-electron chi connectivity index (χ4n) is 1.15. The Hall–Kier alpha value is -1.97. The van der Waals surface area contributed by atoms with Crippen LogP contribution in [0.2, 0.25) is 0 Å². The summed E-state index contributed by atoms with van der Waals surface area (Å²) in [6.45, 7) is 0. The third kappa shape index (κ3) is 3.02. The molecule has 0 spiro atoms. The van der Waals surface area contributed by atoms with Crippen molar-refractivity contribution in [2.75, 3.05) is 21.3 Å². The summed E-state index contributed by atoms with van der Waals surface area (Å²) in [5, 5.41) is 0. The third-order valence-corrected chi connectivity index (χ3v) is 2.02. The minimum atomic E-state index is -0.502. The highest BCUT2D eigenvalue weighted by atomic mass is 16.6. The van der Waals surface area contributed by atoms with Gasteiger partial charge >= 0.3 is 5.97 Å². The first-order valence-corrected chi connectivity index (χ1v) is 4.69. The highest BCUT2D eigenvalue weighted by Crippen LogP contribution is 2.14. The van der Waals surface area contributed by atoms with E-state index in [2.05, 4.69) is 4.74 Å². The van der Waals surface area contributed by atoms with Gasteiger partial charge in [0.05, 0.1) is 21.3 Å². The van der Waals surface area contributed by atoms with E-state index in [4.69, 9.17) is 9.47 Å². The molecule has 0 fully saturated rings. The van der Waals surface area contributed by atoms with Gasteiger partial charge in [-0.2, -0.15) is 0 Å². The monoisotopic (exact) mass is 222 g/mol. The van der Waals surface area contributed by atoms with Crippen molar-refractivity contribution in [1.82, 2.24) is 0 Å². The van der Waals surface area contributed by atoms with Gasteiger partial charge < -0.3 is 14.2 Å². The quantitative estimate of drug-likeness (QED) is 0.443. The summed E-state index contributed by atoms with van der Waals surface area (Å²) in [6, 6.07) is 7.24. The van der Waals surface area contributed by atoms with Gasteiger partial charge in [0.25, 0.3) is 0 Å². The van der Waals surface area contributed by atoms with Crippen LogP contribution in [-0.4, -0.2) is 27.3 Å². The molecule has 4 nitrogen and oxygen atoms in total. The molecule has 0 aliphatic rings. The van der Waals surface area contributed by atoms with Gasteiger partial charge in [-0.15, -0.1) is 0 Å². The molecule has 0 aliphatic carbocycles. The number of hydrogen-bond donors (Lipinski definition) is 0. The highest BCUT2D eigenvalue weighted by molar-refractivity contribution is 5.91. The van der Waals surface area contributed by atoms with Gasteiger partial charge in [0.2, 0.25) is 5.76 Å². The van der Waals surface area contributed by atoms with E-state index in [9.17, 15) is 4.79 Å². The molecule has 86 valence electrons. The lowest BCUT2D eigenvalue weighted by Gasteiger charge is -2.04. The van der Waals surface area contributed by atoms with Crippen molar-refractivity contribution in [3.63, 3.8) is 0 Å².